The van der Waals surface area contributed by atoms with E-state index in [9.17, 15) is 19.0 Å². The van der Waals surface area contributed by atoms with E-state index in [0.717, 1.165) is 32.1 Å². The van der Waals surface area contributed by atoms with Crippen molar-refractivity contribution in [2.45, 2.75) is 392 Å². The number of hydrogen-bond donors (Lipinski definition) is 1. The Labute approximate surface area is 511 Å². The number of carbonyl (C=O) groups is 2. The summed E-state index contributed by atoms with van der Waals surface area (Å²) in [5.74, 6) is -0.776. The van der Waals surface area contributed by atoms with Gasteiger partial charge < -0.3 is 18.9 Å². The summed E-state index contributed by atoms with van der Waals surface area (Å²) in [6.45, 7) is 4.51. The first-order valence-electron chi connectivity index (χ1n) is 36.4. The van der Waals surface area contributed by atoms with E-state index in [0.29, 0.717) is 23.9 Å². The third-order valence-electron chi connectivity index (χ3n) is 16.8. The maximum absolute atomic E-state index is 12.9. The molecular formula is C72H143NO8P+. The van der Waals surface area contributed by atoms with Crippen LogP contribution in [-0.2, 0) is 32.7 Å². The Morgan fingerprint density at radius 2 is 0.622 bits per heavy atom. The molecule has 488 valence electrons. The van der Waals surface area contributed by atoms with Crippen LogP contribution in [0.2, 0.25) is 0 Å². The molecule has 0 saturated heterocycles. The minimum atomic E-state index is -4.39. The predicted octanol–water partition coefficient (Wildman–Crippen LogP) is 23.5. The van der Waals surface area contributed by atoms with Crippen LogP contribution in [0.5, 0.6) is 0 Å². The van der Waals surface area contributed by atoms with Gasteiger partial charge in [-0.1, -0.05) is 347 Å². The number of likely N-dealkylation sites (N-methyl/N-ethyl adjacent to an activating group) is 1. The molecule has 2 atom stereocenters. The van der Waals surface area contributed by atoms with Crippen LogP contribution in [0.1, 0.15) is 386 Å². The average molecular weight is 1180 g/mol. The molecule has 1 N–H and O–H groups in total. The van der Waals surface area contributed by atoms with Crippen LogP contribution in [0.15, 0.2) is 12.2 Å². The Morgan fingerprint density at radius 1 is 0.366 bits per heavy atom. The van der Waals surface area contributed by atoms with Crippen LogP contribution in [0.3, 0.4) is 0 Å². The molecule has 2 unspecified atom stereocenters. The molecule has 0 aliphatic rings. The zero-order chi connectivity index (χ0) is 59.8. The van der Waals surface area contributed by atoms with Gasteiger partial charge >= 0.3 is 19.8 Å². The number of carbonyl (C=O) groups excluding carboxylic acids is 2. The maximum atomic E-state index is 12.9. The standard InChI is InChI=1S/C72H142NO8P/c1-6-8-10-12-14-16-18-20-22-24-26-28-29-30-31-32-33-34-35-36-37-38-39-40-41-42-43-45-46-48-50-52-54-56-58-60-62-64-71(74)78-68-70(69-80-82(76,77)79-67-66-73(3,4)5)81-72(75)65-63-61-59-57-55-53-51-49-47-44-27-25-23-21-19-17-15-13-11-9-7-2/h25,27,70H,6-24,26,28-69H2,1-5H3/p+1/b27-25-. The lowest BCUT2D eigenvalue weighted by Crippen LogP contribution is -2.37. The molecule has 0 bridgehead atoms. The molecule has 10 heteroatoms. The molecule has 0 heterocycles. The fraction of sp³-hybridized carbons (Fsp3) is 0.944. The smallest absolute Gasteiger partial charge is 0.462 e. The Morgan fingerprint density at radius 3 is 0.902 bits per heavy atom. The summed E-state index contributed by atoms with van der Waals surface area (Å²) in [6.07, 6.45) is 79.2. The number of unbranched alkanes of at least 4 members (excludes halogenated alkanes) is 53. The van der Waals surface area contributed by atoms with Gasteiger partial charge in [0.15, 0.2) is 6.10 Å². The molecular weight excluding hydrogens is 1040 g/mol. The van der Waals surface area contributed by atoms with E-state index < -0.39 is 26.5 Å². The summed E-state index contributed by atoms with van der Waals surface area (Å²) in [7, 11) is 1.50. The van der Waals surface area contributed by atoms with Gasteiger partial charge in [0.25, 0.3) is 0 Å². The molecule has 9 nitrogen and oxygen atoms in total. The molecule has 0 aliphatic heterocycles. The third-order valence-corrected chi connectivity index (χ3v) is 17.8. The number of allylic oxidation sites excluding steroid dienone is 2. The lowest BCUT2D eigenvalue weighted by atomic mass is 10.0. The number of hydrogen-bond acceptors (Lipinski definition) is 7. The Hall–Kier alpha value is -1.25. The van der Waals surface area contributed by atoms with Crippen LogP contribution in [0.4, 0.5) is 0 Å². The van der Waals surface area contributed by atoms with E-state index in [-0.39, 0.29) is 25.6 Å². The van der Waals surface area contributed by atoms with Crippen LogP contribution >= 0.6 is 7.82 Å². The molecule has 82 heavy (non-hydrogen) atoms. The quantitative estimate of drug-likeness (QED) is 0.0211. The summed E-state index contributed by atoms with van der Waals surface area (Å²) in [5.41, 5.74) is 0. The average Bonchev–Trinajstić information content (AvgIpc) is 3.46. The SMILES string of the molecule is CCCCCCCCCC/C=C\CCCCCCCCCCCC(=O)OC(COC(=O)CCCCCCCCCCCCCCCCCCCCCCCCCCCCCCCCCCCCCCC)COP(=O)(O)OCC[N+](C)(C)C. The minimum Gasteiger partial charge on any atom is -0.462 e. The van der Waals surface area contributed by atoms with E-state index in [1.165, 1.54) is 321 Å². The molecule has 0 aromatic heterocycles. The van der Waals surface area contributed by atoms with E-state index in [2.05, 4.69) is 26.0 Å². The predicted molar refractivity (Wildman–Crippen MR) is 354 cm³/mol. The molecule has 0 amide bonds. The molecule has 0 aliphatic carbocycles. The van der Waals surface area contributed by atoms with Crippen molar-refractivity contribution in [3.05, 3.63) is 12.2 Å². The van der Waals surface area contributed by atoms with Crippen LogP contribution in [0.25, 0.3) is 0 Å². The van der Waals surface area contributed by atoms with E-state index in [1.54, 1.807) is 0 Å². The first-order valence-corrected chi connectivity index (χ1v) is 37.9. The number of ether oxygens (including phenoxy) is 2. The van der Waals surface area contributed by atoms with Gasteiger partial charge in [-0.25, -0.2) is 4.57 Å². The van der Waals surface area contributed by atoms with E-state index in [4.69, 9.17) is 18.5 Å². The van der Waals surface area contributed by atoms with Crippen molar-refractivity contribution < 1.29 is 42.1 Å². The van der Waals surface area contributed by atoms with Gasteiger partial charge in [0.2, 0.25) is 0 Å². The highest BCUT2D eigenvalue weighted by Gasteiger charge is 2.27. The van der Waals surface area contributed by atoms with Gasteiger partial charge in [-0.15, -0.1) is 0 Å². The molecule has 0 rings (SSSR count). The van der Waals surface area contributed by atoms with Crippen molar-refractivity contribution in [2.75, 3.05) is 47.5 Å². The highest BCUT2D eigenvalue weighted by molar-refractivity contribution is 7.47. The molecule has 0 spiro atoms. The Kier molecular flexibility index (Phi) is 63.3. The minimum absolute atomic E-state index is 0.0353. The number of quaternary nitrogens is 1. The largest absolute Gasteiger partial charge is 0.472 e. The zero-order valence-corrected chi connectivity index (χ0v) is 56.7. The molecule has 0 aromatic carbocycles. The molecule has 0 fully saturated rings. The number of phosphoric ester groups is 1. The summed E-state index contributed by atoms with van der Waals surface area (Å²) in [6, 6.07) is 0. The number of nitrogens with zero attached hydrogens (tertiary/aromatic N) is 1. The molecule has 0 saturated carbocycles. The second-order valence-electron chi connectivity index (χ2n) is 26.3. The summed E-state index contributed by atoms with van der Waals surface area (Å²) in [5, 5.41) is 0. The van der Waals surface area contributed by atoms with Crippen molar-refractivity contribution >= 4 is 19.8 Å². The van der Waals surface area contributed by atoms with Crippen LogP contribution < -0.4 is 0 Å². The van der Waals surface area contributed by atoms with Crippen molar-refractivity contribution in [1.82, 2.24) is 0 Å². The van der Waals surface area contributed by atoms with E-state index in [1.807, 2.05) is 21.1 Å². The van der Waals surface area contributed by atoms with Gasteiger partial charge in [0, 0.05) is 12.8 Å². The van der Waals surface area contributed by atoms with Crippen LogP contribution in [-0.4, -0.2) is 74.9 Å². The number of phosphoric acid groups is 1. The van der Waals surface area contributed by atoms with Gasteiger partial charge in [-0.3, -0.25) is 18.6 Å². The molecule has 0 aromatic rings. The zero-order valence-electron chi connectivity index (χ0n) is 55.8. The maximum Gasteiger partial charge on any atom is 0.472 e. The van der Waals surface area contributed by atoms with Crippen molar-refractivity contribution in [1.29, 1.82) is 0 Å². The summed E-state index contributed by atoms with van der Waals surface area (Å²) >= 11 is 0. The third kappa shape index (κ3) is 67.9. The van der Waals surface area contributed by atoms with Gasteiger partial charge in [-0.05, 0) is 38.5 Å². The lowest BCUT2D eigenvalue weighted by Gasteiger charge is -2.24. The van der Waals surface area contributed by atoms with Gasteiger partial charge in [0.1, 0.15) is 19.8 Å². The second kappa shape index (κ2) is 64.2. The highest BCUT2D eigenvalue weighted by Crippen LogP contribution is 2.43. The van der Waals surface area contributed by atoms with E-state index >= 15 is 0 Å². The molecule has 0 radical (unpaired) electrons. The Bertz CT molecular complexity index is 1390. The number of rotatable bonds is 69. The first-order chi connectivity index (χ1) is 40.0. The fourth-order valence-electron chi connectivity index (χ4n) is 11.2. The second-order valence-corrected chi connectivity index (χ2v) is 27.8. The van der Waals surface area contributed by atoms with Crippen molar-refractivity contribution in [3.63, 3.8) is 0 Å². The summed E-state index contributed by atoms with van der Waals surface area (Å²) in [4.78, 5) is 35.8. The van der Waals surface area contributed by atoms with Crippen molar-refractivity contribution in [3.8, 4) is 0 Å². The first kappa shape index (κ1) is 80.8. The topological polar surface area (TPSA) is 108 Å². The number of esters is 2. The van der Waals surface area contributed by atoms with Gasteiger partial charge in [0.05, 0.1) is 27.7 Å². The Balaban J connectivity index is 3.89. The fourth-order valence-corrected chi connectivity index (χ4v) is 11.9. The summed E-state index contributed by atoms with van der Waals surface area (Å²) < 4.78 is 34.7. The van der Waals surface area contributed by atoms with Gasteiger partial charge in [-0.2, -0.15) is 0 Å². The van der Waals surface area contributed by atoms with Crippen LogP contribution in [0, 0.1) is 0 Å². The monoisotopic (exact) mass is 1180 g/mol. The lowest BCUT2D eigenvalue weighted by molar-refractivity contribution is -0.870. The normalized spacial score (nSPS) is 13.1. The van der Waals surface area contributed by atoms with Crippen molar-refractivity contribution in [2.24, 2.45) is 0 Å². The highest BCUT2D eigenvalue weighted by atomic mass is 31.2.